The predicted molar refractivity (Wildman–Crippen MR) is 154 cm³/mol. The van der Waals surface area contributed by atoms with Gasteiger partial charge in [-0.3, -0.25) is 38.8 Å². The lowest BCUT2D eigenvalue weighted by molar-refractivity contribution is -0.136. The normalized spacial score (nSPS) is 17.6. The number of imide groups is 2. The van der Waals surface area contributed by atoms with Gasteiger partial charge in [0.15, 0.2) is 0 Å². The molecule has 2 aliphatic rings. The molecule has 6 amide bonds. The molecule has 0 atom stereocenters. The average Bonchev–Trinajstić information content (AvgIpc) is 3.23. The SMILES string of the molecule is CC1(C)C(=O)N(CCCC(=O)Oc2ccccc2)C(=O)N1CN1C(=O)N(CCCC(=O)Oc2ccccc2)C(=O)C1(C)C. The van der Waals surface area contributed by atoms with Crippen molar-refractivity contribution in [3.63, 3.8) is 0 Å². The van der Waals surface area contributed by atoms with Crippen molar-refractivity contribution < 1.29 is 38.2 Å². The number of hydrogen-bond acceptors (Lipinski definition) is 8. The molecule has 4 rings (SSSR count). The second kappa shape index (κ2) is 12.6. The highest BCUT2D eigenvalue weighted by Gasteiger charge is 2.56. The van der Waals surface area contributed by atoms with Crippen LogP contribution in [0.2, 0.25) is 0 Å². The first-order valence-corrected chi connectivity index (χ1v) is 14.1. The highest BCUT2D eigenvalue weighted by atomic mass is 16.5. The van der Waals surface area contributed by atoms with E-state index < -0.39 is 46.9 Å². The third kappa shape index (κ3) is 6.68. The monoisotopic (exact) mass is 592 g/mol. The molecule has 0 saturated carbocycles. The van der Waals surface area contributed by atoms with Gasteiger partial charge < -0.3 is 9.47 Å². The van der Waals surface area contributed by atoms with Crippen LogP contribution in [0.1, 0.15) is 53.4 Å². The molecule has 0 aromatic heterocycles. The standard InChI is InChI=1S/C31H36N4O8/c1-30(2)26(38)32(19-11-17-24(36)42-22-13-7-5-8-14-22)28(40)34(30)21-35-29(41)33(27(39)31(35,3)4)20-12-18-25(37)43-23-15-9-6-10-16-23/h5-10,13-16H,11-12,17-21H2,1-4H3. The second-order valence-electron chi connectivity index (χ2n) is 11.4. The summed E-state index contributed by atoms with van der Waals surface area (Å²) in [6.45, 7) is 5.97. The Bertz CT molecular complexity index is 1290. The van der Waals surface area contributed by atoms with Crippen LogP contribution in [0.3, 0.4) is 0 Å². The number of amides is 6. The lowest BCUT2D eigenvalue weighted by Gasteiger charge is -2.36. The smallest absolute Gasteiger partial charge is 0.329 e. The third-order valence-corrected chi connectivity index (χ3v) is 7.57. The molecule has 2 aromatic rings. The molecule has 12 nitrogen and oxygen atoms in total. The minimum absolute atomic E-state index is 0.00756. The van der Waals surface area contributed by atoms with Crippen LogP contribution < -0.4 is 9.47 Å². The van der Waals surface area contributed by atoms with Crippen molar-refractivity contribution in [3.8, 4) is 11.5 Å². The van der Waals surface area contributed by atoms with Crippen molar-refractivity contribution in [1.82, 2.24) is 19.6 Å². The quantitative estimate of drug-likeness (QED) is 0.206. The van der Waals surface area contributed by atoms with E-state index in [1.165, 1.54) is 9.80 Å². The Hall–Kier alpha value is -4.74. The first-order chi connectivity index (χ1) is 20.3. The summed E-state index contributed by atoms with van der Waals surface area (Å²) in [4.78, 5) is 82.3. The minimum atomic E-state index is -1.30. The van der Waals surface area contributed by atoms with Crippen LogP contribution in [0.15, 0.2) is 60.7 Å². The van der Waals surface area contributed by atoms with E-state index in [4.69, 9.17) is 9.47 Å². The average molecular weight is 593 g/mol. The number of ether oxygens (including phenoxy) is 2. The second-order valence-corrected chi connectivity index (χ2v) is 11.4. The maximum atomic E-state index is 13.4. The highest BCUT2D eigenvalue weighted by Crippen LogP contribution is 2.33. The molecule has 2 aromatic carbocycles. The van der Waals surface area contributed by atoms with Crippen molar-refractivity contribution in [2.75, 3.05) is 19.8 Å². The zero-order chi connectivity index (χ0) is 31.4. The Morgan fingerprint density at radius 3 is 1.30 bits per heavy atom. The molecule has 2 heterocycles. The van der Waals surface area contributed by atoms with Gasteiger partial charge in [0.05, 0.1) is 0 Å². The number of carbonyl (C=O) groups is 6. The molecule has 0 N–H and O–H groups in total. The van der Waals surface area contributed by atoms with E-state index >= 15 is 0 Å². The van der Waals surface area contributed by atoms with Gasteiger partial charge in [-0.05, 0) is 64.8 Å². The van der Waals surface area contributed by atoms with E-state index in [9.17, 15) is 28.8 Å². The number of rotatable bonds is 12. The van der Waals surface area contributed by atoms with Gasteiger partial charge in [0, 0.05) is 25.9 Å². The van der Waals surface area contributed by atoms with Crippen molar-refractivity contribution in [2.24, 2.45) is 0 Å². The molecule has 12 heteroatoms. The van der Waals surface area contributed by atoms with E-state index in [-0.39, 0.29) is 45.4 Å². The first-order valence-electron chi connectivity index (χ1n) is 14.1. The van der Waals surface area contributed by atoms with Crippen molar-refractivity contribution in [2.45, 2.75) is 64.5 Å². The fourth-order valence-corrected chi connectivity index (χ4v) is 4.95. The van der Waals surface area contributed by atoms with Crippen molar-refractivity contribution >= 4 is 35.8 Å². The van der Waals surface area contributed by atoms with Crippen LogP contribution in [0.25, 0.3) is 0 Å². The Morgan fingerprint density at radius 1 is 0.605 bits per heavy atom. The lowest BCUT2D eigenvalue weighted by Crippen LogP contribution is -2.55. The molecule has 0 bridgehead atoms. The first kappa shape index (κ1) is 31.2. The van der Waals surface area contributed by atoms with Crippen molar-refractivity contribution in [3.05, 3.63) is 60.7 Å². The van der Waals surface area contributed by atoms with E-state index in [0.29, 0.717) is 11.5 Å². The molecule has 0 aliphatic carbocycles. The Labute approximate surface area is 250 Å². The summed E-state index contributed by atoms with van der Waals surface area (Å²) in [5, 5.41) is 0. The number of benzene rings is 2. The number of carbonyl (C=O) groups excluding carboxylic acids is 6. The number of para-hydroxylation sites is 2. The molecule has 0 spiro atoms. The van der Waals surface area contributed by atoms with E-state index in [2.05, 4.69) is 0 Å². The Balaban J connectivity index is 1.34. The van der Waals surface area contributed by atoms with Gasteiger partial charge in [-0.25, -0.2) is 9.59 Å². The summed E-state index contributed by atoms with van der Waals surface area (Å²) in [6, 6.07) is 15.9. The third-order valence-electron chi connectivity index (χ3n) is 7.57. The molecule has 0 radical (unpaired) electrons. The Kier molecular flexibility index (Phi) is 9.17. The van der Waals surface area contributed by atoms with Gasteiger partial charge in [0.2, 0.25) is 0 Å². The molecular formula is C31H36N4O8. The molecule has 0 unspecified atom stereocenters. The van der Waals surface area contributed by atoms with Gasteiger partial charge in [-0.1, -0.05) is 36.4 Å². The van der Waals surface area contributed by atoms with Crippen LogP contribution in [0, 0.1) is 0 Å². The molecule has 2 fully saturated rings. The summed E-state index contributed by atoms with van der Waals surface area (Å²) in [5.41, 5.74) is -2.59. The van der Waals surface area contributed by atoms with E-state index in [1.807, 2.05) is 0 Å². The van der Waals surface area contributed by atoms with Gasteiger partial charge in [-0.15, -0.1) is 0 Å². The summed E-state index contributed by atoms with van der Waals surface area (Å²) in [5.74, 6) is -1.11. The van der Waals surface area contributed by atoms with Gasteiger partial charge in [0.25, 0.3) is 11.8 Å². The van der Waals surface area contributed by atoms with Crippen LogP contribution in [0.4, 0.5) is 9.59 Å². The van der Waals surface area contributed by atoms with Crippen LogP contribution >= 0.6 is 0 Å². The fraction of sp³-hybridized carbons (Fsp3) is 0.419. The summed E-state index contributed by atoms with van der Waals surface area (Å²) >= 11 is 0. The molecule has 2 aliphatic heterocycles. The van der Waals surface area contributed by atoms with Gasteiger partial charge >= 0.3 is 24.0 Å². The lowest BCUT2D eigenvalue weighted by atomic mass is 10.0. The summed E-state index contributed by atoms with van der Waals surface area (Å²) in [7, 11) is 0. The highest BCUT2D eigenvalue weighted by molar-refractivity contribution is 6.08. The summed E-state index contributed by atoms with van der Waals surface area (Å²) in [6.07, 6.45) is 0.374. The number of nitrogens with zero attached hydrogens (tertiary/aromatic N) is 4. The van der Waals surface area contributed by atoms with Crippen LogP contribution in [-0.2, 0) is 19.2 Å². The van der Waals surface area contributed by atoms with E-state index in [1.54, 1.807) is 88.4 Å². The molecule has 2 saturated heterocycles. The topological polar surface area (TPSA) is 134 Å². The Morgan fingerprint density at radius 2 is 0.953 bits per heavy atom. The molecule has 228 valence electrons. The maximum absolute atomic E-state index is 13.4. The maximum Gasteiger partial charge on any atom is 0.329 e. The van der Waals surface area contributed by atoms with Crippen LogP contribution in [-0.4, -0.2) is 86.3 Å². The van der Waals surface area contributed by atoms with Crippen LogP contribution in [0.5, 0.6) is 11.5 Å². The number of urea groups is 2. The largest absolute Gasteiger partial charge is 0.427 e. The fourth-order valence-electron chi connectivity index (χ4n) is 4.95. The zero-order valence-electron chi connectivity index (χ0n) is 24.8. The summed E-state index contributed by atoms with van der Waals surface area (Å²) < 4.78 is 10.5. The zero-order valence-corrected chi connectivity index (χ0v) is 24.8. The predicted octanol–water partition coefficient (Wildman–Crippen LogP) is 3.80. The minimum Gasteiger partial charge on any atom is -0.427 e. The van der Waals surface area contributed by atoms with Crippen molar-refractivity contribution in [1.29, 1.82) is 0 Å². The molecular weight excluding hydrogens is 556 g/mol. The molecule has 43 heavy (non-hydrogen) atoms. The van der Waals surface area contributed by atoms with E-state index in [0.717, 1.165) is 9.80 Å². The van der Waals surface area contributed by atoms with Gasteiger partial charge in [0.1, 0.15) is 29.2 Å². The number of esters is 2. The number of hydrogen-bond donors (Lipinski definition) is 0. The van der Waals surface area contributed by atoms with Gasteiger partial charge in [-0.2, -0.15) is 0 Å².